The third-order valence-electron chi connectivity index (χ3n) is 3.97. The normalized spacial score (nSPS) is 10.4. The standard InChI is InChI=1S/C20H18N2O6S/c1-12-16(13(2)28-22-12)10-26-15-6-3-5-14(9-15)20(25)27-11-18(23)21-19(24)17-7-4-8-29-17/h3-9H,10-11H2,1-2H3,(H,21,23,24). The highest BCUT2D eigenvalue weighted by Crippen LogP contribution is 2.19. The second-order valence-electron chi connectivity index (χ2n) is 6.05. The topological polar surface area (TPSA) is 108 Å². The van der Waals surface area contributed by atoms with E-state index in [9.17, 15) is 14.4 Å². The molecule has 0 atom stereocenters. The summed E-state index contributed by atoms with van der Waals surface area (Å²) in [6.07, 6.45) is 0. The maximum atomic E-state index is 12.2. The van der Waals surface area contributed by atoms with Crippen LogP contribution < -0.4 is 10.1 Å². The SMILES string of the molecule is Cc1noc(C)c1COc1cccc(C(=O)OCC(=O)NC(=O)c2cccs2)c1. The number of hydrogen-bond acceptors (Lipinski definition) is 8. The van der Waals surface area contributed by atoms with Gasteiger partial charge in [-0.25, -0.2) is 4.79 Å². The van der Waals surface area contributed by atoms with E-state index in [2.05, 4.69) is 10.5 Å². The van der Waals surface area contributed by atoms with Crippen LogP contribution in [0.25, 0.3) is 0 Å². The van der Waals surface area contributed by atoms with Crippen molar-refractivity contribution in [2.45, 2.75) is 20.5 Å². The van der Waals surface area contributed by atoms with Gasteiger partial charge in [-0.05, 0) is 43.5 Å². The fourth-order valence-electron chi connectivity index (χ4n) is 2.42. The molecule has 0 saturated carbocycles. The van der Waals surface area contributed by atoms with E-state index < -0.39 is 24.4 Å². The Morgan fingerprint density at radius 3 is 2.69 bits per heavy atom. The number of aryl methyl sites for hydroxylation is 2. The number of nitrogens with zero attached hydrogens (tertiary/aromatic N) is 1. The summed E-state index contributed by atoms with van der Waals surface area (Å²) in [6, 6.07) is 9.67. The molecule has 0 aliphatic heterocycles. The third kappa shape index (κ3) is 5.29. The van der Waals surface area contributed by atoms with Gasteiger partial charge >= 0.3 is 5.97 Å². The molecule has 0 unspecified atom stereocenters. The van der Waals surface area contributed by atoms with Gasteiger partial charge in [-0.1, -0.05) is 17.3 Å². The van der Waals surface area contributed by atoms with Crippen LogP contribution in [0.5, 0.6) is 5.75 Å². The van der Waals surface area contributed by atoms with Crippen molar-refractivity contribution in [3.05, 3.63) is 69.2 Å². The Balaban J connectivity index is 1.52. The quantitative estimate of drug-likeness (QED) is 0.592. The molecule has 2 amide bonds. The van der Waals surface area contributed by atoms with Crippen LogP contribution in [0.15, 0.2) is 46.3 Å². The second kappa shape index (κ2) is 9.16. The highest BCUT2D eigenvalue weighted by atomic mass is 32.1. The number of ether oxygens (including phenoxy) is 2. The van der Waals surface area contributed by atoms with Crippen molar-refractivity contribution in [2.75, 3.05) is 6.61 Å². The number of benzene rings is 1. The monoisotopic (exact) mass is 414 g/mol. The number of carbonyl (C=O) groups is 3. The first kappa shape index (κ1) is 20.3. The van der Waals surface area contributed by atoms with Gasteiger partial charge in [0.2, 0.25) is 0 Å². The van der Waals surface area contributed by atoms with Crippen molar-refractivity contribution in [3.63, 3.8) is 0 Å². The number of aromatic nitrogens is 1. The van der Waals surface area contributed by atoms with E-state index in [0.717, 1.165) is 11.3 Å². The van der Waals surface area contributed by atoms with Crippen LogP contribution in [0.4, 0.5) is 0 Å². The van der Waals surface area contributed by atoms with E-state index in [1.807, 2.05) is 6.92 Å². The van der Waals surface area contributed by atoms with Crippen LogP contribution in [0.3, 0.4) is 0 Å². The predicted molar refractivity (Wildman–Crippen MR) is 104 cm³/mol. The molecule has 0 aliphatic carbocycles. The van der Waals surface area contributed by atoms with Crippen LogP contribution >= 0.6 is 11.3 Å². The molecule has 0 bridgehead atoms. The number of carbonyl (C=O) groups excluding carboxylic acids is 3. The minimum atomic E-state index is -0.706. The number of amides is 2. The zero-order chi connectivity index (χ0) is 20.8. The lowest BCUT2D eigenvalue weighted by Gasteiger charge is -2.08. The lowest BCUT2D eigenvalue weighted by atomic mass is 10.2. The maximum absolute atomic E-state index is 12.2. The molecule has 150 valence electrons. The fourth-order valence-corrected chi connectivity index (χ4v) is 3.04. The van der Waals surface area contributed by atoms with E-state index in [-0.39, 0.29) is 12.2 Å². The first-order valence-electron chi connectivity index (χ1n) is 8.63. The molecule has 3 aromatic rings. The molecule has 0 spiro atoms. The first-order valence-corrected chi connectivity index (χ1v) is 9.51. The Kier molecular flexibility index (Phi) is 6.40. The lowest BCUT2D eigenvalue weighted by molar-refractivity contribution is -0.123. The molecule has 2 aromatic heterocycles. The summed E-state index contributed by atoms with van der Waals surface area (Å²) in [4.78, 5) is 36.2. The second-order valence-corrected chi connectivity index (χ2v) is 7.00. The van der Waals surface area contributed by atoms with Crippen molar-refractivity contribution in [3.8, 4) is 5.75 Å². The summed E-state index contributed by atoms with van der Waals surface area (Å²) in [5.74, 6) is -0.817. The minimum absolute atomic E-state index is 0.221. The van der Waals surface area contributed by atoms with Gasteiger partial charge in [0, 0.05) is 0 Å². The number of imide groups is 1. The average Bonchev–Trinajstić information content (AvgIpc) is 3.35. The fraction of sp³-hybridized carbons (Fsp3) is 0.200. The van der Waals surface area contributed by atoms with Crippen molar-refractivity contribution >= 4 is 29.1 Å². The molecule has 29 heavy (non-hydrogen) atoms. The van der Waals surface area contributed by atoms with Crippen LogP contribution in [0, 0.1) is 13.8 Å². The Hall–Kier alpha value is -3.46. The lowest BCUT2D eigenvalue weighted by Crippen LogP contribution is -2.33. The predicted octanol–water partition coefficient (Wildman–Crippen LogP) is 3.05. The van der Waals surface area contributed by atoms with Crippen molar-refractivity contribution in [1.82, 2.24) is 10.5 Å². The van der Waals surface area contributed by atoms with Gasteiger partial charge in [0.15, 0.2) is 6.61 Å². The molecule has 0 aliphatic rings. The molecule has 0 radical (unpaired) electrons. The van der Waals surface area contributed by atoms with E-state index in [1.165, 1.54) is 17.4 Å². The van der Waals surface area contributed by atoms with Gasteiger partial charge in [0.05, 0.1) is 21.7 Å². The van der Waals surface area contributed by atoms with Gasteiger partial charge < -0.3 is 14.0 Å². The largest absolute Gasteiger partial charge is 0.489 e. The third-order valence-corrected chi connectivity index (χ3v) is 4.84. The van der Waals surface area contributed by atoms with Crippen molar-refractivity contribution in [2.24, 2.45) is 0 Å². The zero-order valence-corrected chi connectivity index (χ0v) is 16.6. The Morgan fingerprint density at radius 2 is 2.00 bits per heavy atom. The van der Waals surface area contributed by atoms with Gasteiger partial charge in [-0.3, -0.25) is 14.9 Å². The summed E-state index contributed by atoms with van der Waals surface area (Å²) in [7, 11) is 0. The number of hydrogen-bond donors (Lipinski definition) is 1. The van der Waals surface area contributed by atoms with Gasteiger partial charge in [0.1, 0.15) is 18.1 Å². The van der Waals surface area contributed by atoms with Crippen molar-refractivity contribution < 1.29 is 28.4 Å². The Bertz CT molecular complexity index is 1010. The summed E-state index contributed by atoms with van der Waals surface area (Å²) in [6.45, 7) is 3.28. The molecular weight excluding hydrogens is 396 g/mol. The molecule has 0 fully saturated rings. The summed E-state index contributed by atoms with van der Waals surface area (Å²) in [5, 5.41) is 7.75. The number of esters is 1. The maximum Gasteiger partial charge on any atom is 0.338 e. The Morgan fingerprint density at radius 1 is 1.17 bits per heavy atom. The van der Waals surface area contributed by atoms with Gasteiger partial charge in [-0.2, -0.15) is 0 Å². The number of nitrogens with one attached hydrogen (secondary N) is 1. The molecule has 3 rings (SSSR count). The highest BCUT2D eigenvalue weighted by Gasteiger charge is 2.15. The zero-order valence-electron chi connectivity index (χ0n) is 15.8. The van der Waals surface area contributed by atoms with Crippen LogP contribution in [0.1, 0.15) is 37.0 Å². The number of rotatable bonds is 7. The molecule has 1 N–H and O–H groups in total. The van der Waals surface area contributed by atoms with Crippen LogP contribution in [-0.2, 0) is 16.1 Å². The van der Waals surface area contributed by atoms with E-state index >= 15 is 0 Å². The number of thiophene rings is 1. The molecule has 8 nitrogen and oxygen atoms in total. The summed E-state index contributed by atoms with van der Waals surface area (Å²) < 4.78 is 15.7. The molecule has 9 heteroatoms. The van der Waals surface area contributed by atoms with Gasteiger partial charge in [-0.15, -0.1) is 11.3 Å². The van der Waals surface area contributed by atoms with Gasteiger partial charge in [0.25, 0.3) is 11.8 Å². The van der Waals surface area contributed by atoms with Crippen molar-refractivity contribution in [1.29, 1.82) is 0 Å². The summed E-state index contributed by atoms with van der Waals surface area (Å²) >= 11 is 1.21. The van der Waals surface area contributed by atoms with Crippen LogP contribution in [0.2, 0.25) is 0 Å². The highest BCUT2D eigenvalue weighted by molar-refractivity contribution is 7.12. The average molecular weight is 414 g/mol. The molecule has 2 heterocycles. The molecule has 1 aromatic carbocycles. The summed E-state index contributed by atoms with van der Waals surface area (Å²) in [5.41, 5.74) is 1.80. The Labute approximate surface area is 170 Å². The van der Waals surface area contributed by atoms with E-state index in [0.29, 0.717) is 16.4 Å². The molecule has 0 saturated heterocycles. The van der Waals surface area contributed by atoms with Crippen LogP contribution in [-0.4, -0.2) is 29.5 Å². The van der Waals surface area contributed by atoms with E-state index in [4.69, 9.17) is 14.0 Å². The first-order chi connectivity index (χ1) is 13.9. The van der Waals surface area contributed by atoms with E-state index in [1.54, 1.807) is 42.6 Å². The molecular formula is C20H18N2O6S. The minimum Gasteiger partial charge on any atom is -0.489 e. The smallest absolute Gasteiger partial charge is 0.338 e.